The van der Waals surface area contributed by atoms with Gasteiger partial charge in [-0.25, -0.2) is 8.42 Å². The summed E-state index contributed by atoms with van der Waals surface area (Å²) in [7, 11) is -3.43. The third kappa shape index (κ3) is 2.15. The molecule has 2 atom stereocenters. The largest absolute Gasteiger partial charge is 0.330 e. The zero-order valence-corrected chi connectivity index (χ0v) is 11.4. The minimum Gasteiger partial charge on any atom is -0.330 e. The monoisotopic (exact) mass is 279 g/mol. The second-order valence-electron chi connectivity index (χ2n) is 5.07. The van der Waals surface area contributed by atoms with E-state index in [0.717, 1.165) is 19.3 Å². The average Bonchev–Trinajstić information content (AvgIpc) is 2.94. The number of hydrogen-bond acceptors (Lipinski definition) is 4. The fourth-order valence-electron chi connectivity index (χ4n) is 2.86. The first-order valence-corrected chi connectivity index (χ1v) is 8.00. The van der Waals surface area contributed by atoms with E-state index in [-0.39, 0.29) is 6.04 Å². The van der Waals surface area contributed by atoms with Crippen molar-refractivity contribution in [3.05, 3.63) is 29.8 Å². The third-order valence-corrected chi connectivity index (χ3v) is 5.28. The Balaban J connectivity index is 2.00. The molecule has 3 N–H and O–H groups in total. The maximum Gasteiger partial charge on any atom is 0.263 e. The van der Waals surface area contributed by atoms with Crippen LogP contribution in [0.15, 0.2) is 34.2 Å². The molecule has 1 aromatic carbocycles. The van der Waals surface area contributed by atoms with Crippen molar-refractivity contribution in [1.29, 1.82) is 0 Å². The van der Waals surface area contributed by atoms with Crippen LogP contribution in [0.5, 0.6) is 0 Å². The number of nitrogens with one attached hydrogen (secondary N) is 1. The fraction of sp³-hybridized carbons (Fsp3) is 0.462. The van der Waals surface area contributed by atoms with Gasteiger partial charge in [-0.05, 0) is 37.4 Å². The first-order valence-electron chi connectivity index (χ1n) is 6.52. The Morgan fingerprint density at radius 3 is 2.89 bits per heavy atom. The molecule has 2 unspecified atom stereocenters. The van der Waals surface area contributed by atoms with E-state index in [1.54, 1.807) is 18.2 Å². The second-order valence-corrected chi connectivity index (χ2v) is 6.72. The van der Waals surface area contributed by atoms with Crippen molar-refractivity contribution in [2.24, 2.45) is 16.6 Å². The summed E-state index contributed by atoms with van der Waals surface area (Å²) in [6, 6.07) is 7.08. The molecule has 1 aliphatic heterocycles. The normalized spacial score (nSPS) is 30.3. The number of benzene rings is 1. The Kier molecular flexibility index (Phi) is 3.06. The van der Waals surface area contributed by atoms with Crippen LogP contribution >= 0.6 is 0 Å². The van der Waals surface area contributed by atoms with E-state index in [2.05, 4.69) is 9.71 Å². The summed E-state index contributed by atoms with van der Waals surface area (Å²) in [6.45, 7) is 0.607. The summed E-state index contributed by atoms with van der Waals surface area (Å²) in [5, 5.41) is 0. The third-order valence-electron chi connectivity index (χ3n) is 3.88. The summed E-state index contributed by atoms with van der Waals surface area (Å²) < 4.78 is 26.5. The molecule has 0 bridgehead atoms. The quantitative estimate of drug-likeness (QED) is 0.841. The maximum absolute atomic E-state index is 12.0. The van der Waals surface area contributed by atoms with Crippen LogP contribution in [0.25, 0.3) is 0 Å². The Morgan fingerprint density at radius 1 is 1.32 bits per heavy atom. The Bertz CT molecular complexity index is 625. The molecule has 0 amide bonds. The van der Waals surface area contributed by atoms with Crippen molar-refractivity contribution < 1.29 is 8.42 Å². The molecule has 19 heavy (non-hydrogen) atoms. The van der Waals surface area contributed by atoms with Crippen LogP contribution < -0.4 is 10.5 Å². The summed E-state index contributed by atoms with van der Waals surface area (Å²) in [5.41, 5.74) is 6.41. The van der Waals surface area contributed by atoms with Crippen molar-refractivity contribution in [2.45, 2.75) is 30.2 Å². The highest BCUT2D eigenvalue weighted by Gasteiger charge is 2.33. The van der Waals surface area contributed by atoms with Gasteiger partial charge in [-0.15, -0.1) is 0 Å². The summed E-state index contributed by atoms with van der Waals surface area (Å²) in [5.74, 6) is 0.839. The van der Waals surface area contributed by atoms with E-state index in [1.165, 1.54) is 0 Å². The molecule has 2 aliphatic rings. The van der Waals surface area contributed by atoms with E-state index in [4.69, 9.17) is 5.73 Å². The number of aliphatic imine (C=N–C) groups is 1. The van der Waals surface area contributed by atoms with Crippen molar-refractivity contribution in [2.75, 3.05) is 6.54 Å². The van der Waals surface area contributed by atoms with E-state index in [1.807, 2.05) is 6.07 Å². The Hall–Kier alpha value is -1.40. The highest BCUT2D eigenvalue weighted by Crippen LogP contribution is 2.29. The SMILES string of the molecule is NCC1CCCC1N=C1NS(=O)(=O)c2ccccc21. The van der Waals surface area contributed by atoms with Gasteiger partial charge in [-0.1, -0.05) is 18.6 Å². The van der Waals surface area contributed by atoms with Crippen molar-refractivity contribution in [3.63, 3.8) is 0 Å². The maximum atomic E-state index is 12.0. The van der Waals surface area contributed by atoms with Crippen LogP contribution in [0.3, 0.4) is 0 Å². The van der Waals surface area contributed by atoms with E-state index in [9.17, 15) is 8.42 Å². The molecule has 0 radical (unpaired) electrons. The minimum atomic E-state index is -3.43. The molecule has 1 aliphatic carbocycles. The smallest absolute Gasteiger partial charge is 0.263 e. The lowest BCUT2D eigenvalue weighted by molar-refractivity contribution is 0.494. The topological polar surface area (TPSA) is 84.5 Å². The van der Waals surface area contributed by atoms with Gasteiger partial charge in [-0.3, -0.25) is 9.71 Å². The zero-order chi connectivity index (χ0) is 13.5. The van der Waals surface area contributed by atoms with Crippen LogP contribution in [-0.4, -0.2) is 26.8 Å². The molecule has 1 heterocycles. The van der Waals surface area contributed by atoms with Gasteiger partial charge in [0.2, 0.25) is 0 Å². The van der Waals surface area contributed by atoms with E-state index in [0.29, 0.717) is 28.8 Å². The first-order chi connectivity index (χ1) is 9.12. The van der Waals surface area contributed by atoms with Crippen LogP contribution in [0.4, 0.5) is 0 Å². The number of nitrogens with zero attached hydrogens (tertiary/aromatic N) is 1. The van der Waals surface area contributed by atoms with E-state index >= 15 is 0 Å². The van der Waals surface area contributed by atoms with Crippen molar-refractivity contribution in [1.82, 2.24) is 4.72 Å². The van der Waals surface area contributed by atoms with E-state index < -0.39 is 10.0 Å². The molecule has 0 aromatic heterocycles. The van der Waals surface area contributed by atoms with Gasteiger partial charge < -0.3 is 5.73 Å². The average molecular weight is 279 g/mol. The van der Waals surface area contributed by atoms with Gasteiger partial charge in [0, 0.05) is 5.56 Å². The van der Waals surface area contributed by atoms with Gasteiger partial charge in [0.15, 0.2) is 0 Å². The molecule has 6 heteroatoms. The standard InChI is InChI=1S/C13H17N3O2S/c14-8-9-4-3-6-11(9)15-13-10-5-1-2-7-12(10)19(17,18)16-13/h1-2,5,7,9,11H,3-4,6,8,14H2,(H,15,16). The number of nitrogens with two attached hydrogens (primary N) is 1. The molecule has 1 saturated carbocycles. The van der Waals surface area contributed by atoms with Crippen LogP contribution in [0, 0.1) is 5.92 Å². The van der Waals surface area contributed by atoms with Gasteiger partial charge in [0.05, 0.1) is 10.9 Å². The fourth-order valence-corrected chi connectivity index (χ4v) is 4.10. The molecule has 0 spiro atoms. The van der Waals surface area contributed by atoms with Crippen molar-refractivity contribution >= 4 is 15.9 Å². The zero-order valence-electron chi connectivity index (χ0n) is 10.5. The van der Waals surface area contributed by atoms with Crippen molar-refractivity contribution in [3.8, 4) is 0 Å². The van der Waals surface area contributed by atoms with Gasteiger partial charge in [0.25, 0.3) is 10.0 Å². The Morgan fingerprint density at radius 2 is 2.11 bits per heavy atom. The summed E-state index contributed by atoms with van der Waals surface area (Å²) >= 11 is 0. The Labute approximate surface area is 113 Å². The van der Waals surface area contributed by atoms with Gasteiger partial charge in [0.1, 0.15) is 5.84 Å². The number of rotatable bonds is 2. The molecule has 1 fully saturated rings. The lowest BCUT2D eigenvalue weighted by atomic mass is 10.0. The predicted octanol–water partition coefficient (Wildman–Crippen LogP) is 0.852. The summed E-state index contributed by atoms with van der Waals surface area (Å²) in [6.07, 6.45) is 3.17. The lowest BCUT2D eigenvalue weighted by Crippen LogP contribution is -2.27. The molecule has 3 rings (SSSR count). The molecule has 0 saturated heterocycles. The molecular formula is C13H17N3O2S. The molecule has 5 nitrogen and oxygen atoms in total. The number of amidine groups is 1. The number of fused-ring (bicyclic) bond motifs is 1. The molecule has 1 aromatic rings. The summed E-state index contributed by atoms with van der Waals surface area (Å²) in [4.78, 5) is 4.93. The minimum absolute atomic E-state index is 0.133. The van der Waals surface area contributed by atoms with Crippen LogP contribution in [-0.2, 0) is 10.0 Å². The first kappa shape index (κ1) is 12.6. The lowest BCUT2D eigenvalue weighted by Gasteiger charge is -2.14. The van der Waals surface area contributed by atoms with Crippen LogP contribution in [0.2, 0.25) is 0 Å². The number of sulfonamides is 1. The molecule has 102 valence electrons. The van der Waals surface area contributed by atoms with Crippen LogP contribution in [0.1, 0.15) is 24.8 Å². The highest BCUT2D eigenvalue weighted by molar-refractivity contribution is 7.90. The van der Waals surface area contributed by atoms with Gasteiger partial charge >= 0.3 is 0 Å². The number of hydrogen-bond donors (Lipinski definition) is 2. The van der Waals surface area contributed by atoms with Gasteiger partial charge in [-0.2, -0.15) is 0 Å². The molecular weight excluding hydrogens is 262 g/mol. The predicted molar refractivity (Wildman–Crippen MR) is 73.5 cm³/mol. The highest BCUT2D eigenvalue weighted by atomic mass is 32.2. The second kappa shape index (κ2) is 4.61.